The summed E-state index contributed by atoms with van der Waals surface area (Å²) in [5, 5.41) is 0. The van der Waals surface area contributed by atoms with Crippen molar-refractivity contribution in [3.63, 3.8) is 0 Å². The van der Waals surface area contributed by atoms with Crippen molar-refractivity contribution in [3.8, 4) is 5.75 Å². The van der Waals surface area contributed by atoms with Crippen LogP contribution in [0, 0.1) is 0 Å². The van der Waals surface area contributed by atoms with Crippen molar-refractivity contribution < 1.29 is 26.3 Å². The van der Waals surface area contributed by atoms with Crippen molar-refractivity contribution >= 4 is 15.7 Å². The summed E-state index contributed by atoms with van der Waals surface area (Å²) in [4.78, 5) is 3.40. The summed E-state index contributed by atoms with van der Waals surface area (Å²) >= 11 is 0. The van der Waals surface area contributed by atoms with Crippen LogP contribution >= 0.6 is 0 Å². The number of rotatable bonds is 4. The minimum atomic E-state index is -4.66. The smallest absolute Gasteiger partial charge is 0.421 e. The van der Waals surface area contributed by atoms with E-state index >= 15 is 0 Å². The van der Waals surface area contributed by atoms with Crippen LogP contribution in [0.25, 0.3) is 0 Å². The van der Waals surface area contributed by atoms with Gasteiger partial charge in [0.2, 0.25) is 10.0 Å². The van der Waals surface area contributed by atoms with Crippen LogP contribution in [0.15, 0.2) is 12.4 Å². The zero-order chi connectivity index (χ0) is 14.3. The molecule has 19 heavy (non-hydrogen) atoms. The predicted molar refractivity (Wildman–Crippen MR) is 61.4 cm³/mol. The van der Waals surface area contributed by atoms with E-state index in [2.05, 4.69) is 4.98 Å². The van der Waals surface area contributed by atoms with Crippen LogP contribution in [-0.2, 0) is 16.2 Å². The summed E-state index contributed by atoms with van der Waals surface area (Å²) in [6, 6.07) is 0. The Morgan fingerprint density at radius 1 is 1.37 bits per heavy atom. The van der Waals surface area contributed by atoms with Crippen LogP contribution in [0.4, 0.5) is 18.9 Å². The van der Waals surface area contributed by atoms with Crippen LogP contribution in [0.3, 0.4) is 0 Å². The summed E-state index contributed by atoms with van der Waals surface area (Å²) in [7, 11) is -3.71. The first-order chi connectivity index (χ1) is 8.67. The van der Waals surface area contributed by atoms with E-state index in [1.807, 2.05) is 4.72 Å². The molecule has 1 aromatic rings. The molecule has 1 heterocycles. The normalized spacial score (nSPS) is 16.2. The Kier molecular flexibility index (Phi) is 3.33. The zero-order valence-electron chi connectivity index (χ0n) is 9.86. The van der Waals surface area contributed by atoms with Crippen molar-refractivity contribution in [2.75, 3.05) is 11.0 Å². The van der Waals surface area contributed by atoms with Crippen LogP contribution < -0.4 is 9.46 Å². The van der Waals surface area contributed by atoms with Gasteiger partial charge in [0.1, 0.15) is 11.3 Å². The number of aromatic nitrogens is 1. The number of sulfonamides is 1. The molecule has 0 amide bonds. The van der Waals surface area contributed by atoms with Gasteiger partial charge in [-0.05, 0) is 12.8 Å². The Morgan fingerprint density at radius 3 is 2.47 bits per heavy atom. The molecule has 1 aliphatic carbocycles. The van der Waals surface area contributed by atoms with Gasteiger partial charge < -0.3 is 4.74 Å². The molecule has 1 saturated carbocycles. The average Bonchev–Trinajstić information content (AvgIpc) is 3.00. The molecule has 0 spiro atoms. The van der Waals surface area contributed by atoms with E-state index in [0.717, 1.165) is 12.5 Å². The number of nitrogens with zero attached hydrogens (tertiary/aromatic N) is 1. The molecule has 0 atom stereocenters. The number of pyridine rings is 1. The lowest BCUT2D eigenvalue weighted by Crippen LogP contribution is -2.16. The Bertz CT molecular complexity index is 582. The fraction of sp³-hybridized carbons (Fsp3) is 0.500. The van der Waals surface area contributed by atoms with Crippen molar-refractivity contribution in [1.82, 2.24) is 4.98 Å². The molecule has 0 bridgehead atoms. The Balaban J connectivity index is 2.46. The molecule has 0 radical (unpaired) electrons. The average molecular weight is 296 g/mol. The van der Waals surface area contributed by atoms with Gasteiger partial charge in [-0.1, -0.05) is 0 Å². The highest BCUT2D eigenvalue weighted by Gasteiger charge is 2.38. The third-order valence-electron chi connectivity index (χ3n) is 2.31. The van der Waals surface area contributed by atoms with Gasteiger partial charge in [-0.2, -0.15) is 13.2 Å². The summed E-state index contributed by atoms with van der Waals surface area (Å²) in [6.07, 6.45) is -1.21. The number of hydrogen-bond acceptors (Lipinski definition) is 4. The first-order valence-corrected chi connectivity index (χ1v) is 7.25. The molecule has 5 nitrogen and oxygen atoms in total. The number of alkyl halides is 3. The van der Waals surface area contributed by atoms with E-state index in [1.54, 1.807) is 0 Å². The third kappa shape index (κ3) is 3.72. The lowest BCUT2D eigenvalue weighted by atomic mass is 10.2. The van der Waals surface area contributed by atoms with Crippen LogP contribution in [0.1, 0.15) is 18.4 Å². The molecule has 0 unspecified atom stereocenters. The molecule has 106 valence electrons. The lowest BCUT2D eigenvalue weighted by molar-refractivity contribution is -0.139. The third-order valence-corrected chi connectivity index (χ3v) is 2.90. The minimum Gasteiger partial charge on any atom is -0.487 e. The molecule has 1 N–H and O–H groups in total. The summed E-state index contributed by atoms with van der Waals surface area (Å²) in [6.45, 7) is 0. The second kappa shape index (κ2) is 4.55. The van der Waals surface area contributed by atoms with Crippen LogP contribution in [0.5, 0.6) is 5.75 Å². The van der Waals surface area contributed by atoms with E-state index in [4.69, 9.17) is 4.74 Å². The summed E-state index contributed by atoms with van der Waals surface area (Å²) in [5.41, 5.74) is -1.39. The standard InChI is InChI=1S/C10H11F3N2O3S/c1-19(16,17)15-8-5-14-4-7(10(11,12)13)9(8)18-6-2-3-6/h4-6,15H,2-3H2,1H3. The number of halogens is 3. The van der Waals surface area contributed by atoms with E-state index < -0.39 is 27.5 Å². The number of nitrogens with one attached hydrogen (secondary N) is 1. The quantitative estimate of drug-likeness (QED) is 0.923. The minimum absolute atomic E-state index is 0.302. The van der Waals surface area contributed by atoms with E-state index in [1.165, 1.54) is 0 Å². The predicted octanol–water partition coefficient (Wildman–Crippen LogP) is 2.01. The van der Waals surface area contributed by atoms with E-state index in [-0.39, 0.29) is 11.8 Å². The van der Waals surface area contributed by atoms with Crippen molar-refractivity contribution in [3.05, 3.63) is 18.0 Å². The molecule has 0 aliphatic heterocycles. The SMILES string of the molecule is CS(=O)(=O)Nc1cncc(C(F)(F)F)c1OC1CC1. The van der Waals surface area contributed by atoms with Gasteiger partial charge >= 0.3 is 6.18 Å². The maximum atomic E-state index is 12.8. The molecule has 0 saturated heterocycles. The molecule has 1 aromatic heterocycles. The van der Waals surface area contributed by atoms with Gasteiger partial charge in [0.15, 0.2) is 5.75 Å². The van der Waals surface area contributed by atoms with Gasteiger partial charge in [-0.3, -0.25) is 9.71 Å². The molecular formula is C10H11F3N2O3S. The molecule has 9 heteroatoms. The fourth-order valence-electron chi connectivity index (χ4n) is 1.40. The van der Waals surface area contributed by atoms with E-state index in [9.17, 15) is 21.6 Å². The molecule has 1 fully saturated rings. The zero-order valence-corrected chi connectivity index (χ0v) is 10.7. The van der Waals surface area contributed by atoms with Crippen molar-refractivity contribution in [1.29, 1.82) is 0 Å². The highest BCUT2D eigenvalue weighted by Crippen LogP contribution is 2.42. The van der Waals surface area contributed by atoms with Crippen LogP contribution in [0.2, 0.25) is 0 Å². The second-order valence-corrected chi connectivity index (χ2v) is 6.00. The number of ether oxygens (including phenoxy) is 1. The summed E-state index contributed by atoms with van der Waals surface area (Å²) in [5.74, 6) is -0.518. The topological polar surface area (TPSA) is 68.3 Å². The van der Waals surface area contributed by atoms with Crippen LogP contribution in [-0.4, -0.2) is 25.8 Å². The van der Waals surface area contributed by atoms with Gasteiger partial charge in [-0.15, -0.1) is 0 Å². The summed E-state index contributed by atoms with van der Waals surface area (Å²) < 4.78 is 67.9. The Morgan fingerprint density at radius 2 is 2.00 bits per heavy atom. The molecule has 0 aromatic carbocycles. The largest absolute Gasteiger partial charge is 0.487 e. The maximum absolute atomic E-state index is 12.8. The Labute approximate surface area is 107 Å². The van der Waals surface area contributed by atoms with Gasteiger partial charge in [0, 0.05) is 6.20 Å². The highest BCUT2D eigenvalue weighted by atomic mass is 32.2. The second-order valence-electron chi connectivity index (χ2n) is 4.25. The van der Waals surface area contributed by atoms with Gasteiger partial charge in [0.05, 0.1) is 18.6 Å². The monoisotopic (exact) mass is 296 g/mol. The number of hydrogen-bond donors (Lipinski definition) is 1. The first-order valence-electron chi connectivity index (χ1n) is 5.36. The van der Waals surface area contributed by atoms with Crippen molar-refractivity contribution in [2.45, 2.75) is 25.1 Å². The van der Waals surface area contributed by atoms with Crippen molar-refractivity contribution in [2.24, 2.45) is 0 Å². The maximum Gasteiger partial charge on any atom is 0.421 e. The lowest BCUT2D eigenvalue weighted by Gasteiger charge is -2.17. The molecule has 2 rings (SSSR count). The number of anilines is 1. The van der Waals surface area contributed by atoms with E-state index in [0.29, 0.717) is 19.0 Å². The first kappa shape index (κ1) is 13.9. The highest BCUT2D eigenvalue weighted by molar-refractivity contribution is 7.92. The Hall–Kier alpha value is -1.51. The fourth-order valence-corrected chi connectivity index (χ4v) is 1.95. The molecular weight excluding hydrogens is 285 g/mol. The van der Waals surface area contributed by atoms with Gasteiger partial charge in [0.25, 0.3) is 0 Å². The molecule has 1 aliphatic rings. The van der Waals surface area contributed by atoms with Gasteiger partial charge in [-0.25, -0.2) is 8.42 Å².